The van der Waals surface area contributed by atoms with Crippen LogP contribution in [0, 0.1) is 0 Å². The highest BCUT2D eigenvalue weighted by molar-refractivity contribution is 7.38. The van der Waals surface area contributed by atoms with Crippen LogP contribution in [0.4, 0.5) is 0 Å². The van der Waals surface area contributed by atoms with Gasteiger partial charge in [0.25, 0.3) is 5.28 Å². The van der Waals surface area contributed by atoms with E-state index >= 15 is 0 Å². The Morgan fingerprint density at radius 3 is 1.41 bits per heavy atom. The molecular formula is C28H57NO2P+. The van der Waals surface area contributed by atoms with Gasteiger partial charge in [0.1, 0.15) is 0 Å². The summed E-state index contributed by atoms with van der Waals surface area (Å²) in [6.45, 7) is 4.37. The van der Waals surface area contributed by atoms with E-state index in [0.717, 1.165) is 38.5 Å². The lowest BCUT2D eigenvalue weighted by molar-refractivity contribution is -0.910. The molecule has 0 heterocycles. The molecule has 0 N–H and O–H groups in total. The fraction of sp³-hybridized carbons (Fsp3) is 0.929. The molecule has 0 aliphatic carbocycles. The van der Waals surface area contributed by atoms with Gasteiger partial charge < -0.3 is 4.89 Å². The van der Waals surface area contributed by atoms with Gasteiger partial charge in [-0.15, -0.1) is 0 Å². The van der Waals surface area contributed by atoms with Gasteiger partial charge in [0.05, 0.1) is 21.1 Å². The molecule has 0 aromatic carbocycles. The van der Waals surface area contributed by atoms with Gasteiger partial charge in [-0.3, -0.25) is 4.48 Å². The summed E-state index contributed by atoms with van der Waals surface area (Å²) in [5, 5.41) is -0.603. The first kappa shape index (κ1) is 31.8. The Balaban J connectivity index is 3.66. The average Bonchev–Trinajstić information content (AvgIpc) is 2.73. The van der Waals surface area contributed by atoms with Crippen molar-refractivity contribution in [3.8, 4) is 0 Å². The molecule has 0 aliphatic heterocycles. The Hall–Kier alpha value is -0.240. The Bertz CT molecular complexity index is 473. The third-order valence-electron chi connectivity index (χ3n) is 7.08. The number of allylic oxidation sites excluding steroid dienone is 2. The maximum absolute atomic E-state index is 12.1. The van der Waals surface area contributed by atoms with Gasteiger partial charge in [0.2, 0.25) is 0 Å². The van der Waals surface area contributed by atoms with Crippen molar-refractivity contribution >= 4 is 8.03 Å². The molecular weight excluding hydrogens is 413 g/mol. The Labute approximate surface area is 202 Å². The van der Waals surface area contributed by atoms with E-state index in [0.29, 0.717) is 4.48 Å². The van der Waals surface area contributed by atoms with E-state index < -0.39 is 13.3 Å². The van der Waals surface area contributed by atoms with Crippen molar-refractivity contribution in [3.63, 3.8) is 0 Å². The largest absolute Gasteiger partial charge is 0.590 e. The summed E-state index contributed by atoms with van der Waals surface area (Å²) in [6, 6.07) is 0. The predicted octanol–water partition coefficient (Wildman–Crippen LogP) is 8.89. The van der Waals surface area contributed by atoms with Crippen molar-refractivity contribution in [1.29, 1.82) is 0 Å². The average molecular weight is 471 g/mol. The molecule has 0 amide bonds. The second kappa shape index (κ2) is 20.2. The van der Waals surface area contributed by atoms with Crippen LogP contribution in [0.2, 0.25) is 0 Å². The predicted molar refractivity (Wildman–Crippen MR) is 141 cm³/mol. The third-order valence-corrected chi connectivity index (χ3v) is 8.80. The van der Waals surface area contributed by atoms with Gasteiger partial charge in [-0.1, -0.05) is 108 Å². The molecule has 2 unspecified atom stereocenters. The minimum absolute atomic E-state index is 0.512. The maximum atomic E-state index is 12.1. The molecule has 0 fully saturated rings. The van der Waals surface area contributed by atoms with Gasteiger partial charge >= 0.3 is 8.03 Å². The summed E-state index contributed by atoms with van der Waals surface area (Å²) in [5.41, 5.74) is 0. The zero-order valence-corrected chi connectivity index (χ0v) is 23.4. The molecule has 0 saturated carbocycles. The van der Waals surface area contributed by atoms with E-state index in [1.807, 2.05) is 21.1 Å². The van der Waals surface area contributed by atoms with E-state index in [4.69, 9.17) is 0 Å². The molecule has 3 nitrogen and oxygen atoms in total. The molecule has 0 aliphatic rings. The Morgan fingerprint density at radius 2 is 1.03 bits per heavy atom. The molecule has 0 spiro atoms. The summed E-state index contributed by atoms with van der Waals surface area (Å²) in [4.78, 5) is 12.1. The number of hydrogen-bond donors (Lipinski definition) is 0. The lowest BCUT2D eigenvalue weighted by atomic mass is 9.99. The van der Waals surface area contributed by atoms with Crippen molar-refractivity contribution in [3.05, 3.63) is 12.2 Å². The minimum Gasteiger partial charge on any atom is -0.590 e. The number of unbranched alkanes of at least 4 members (excludes halogenated alkanes) is 15. The third kappa shape index (κ3) is 14.8. The summed E-state index contributed by atoms with van der Waals surface area (Å²) in [6.07, 6.45) is 29.7. The number of rotatable bonds is 23. The first-order chi connectivity index (χ1) is 15.3. The smallest absolute Gasteiger partial charge is 0.376 e. The van der Waals surface area contributed by atoms with Crippen LogP contribution < -0.4 is 4.89 Å². The SMILES string of the molecule is CCCCCCCCCCCCCC/C=C\CCCCCC(CCC)([P+](=O)[O-])[N+](C)(C)C. The summed E-state index contributed by atoms with van der Waals surface area (Å²) >= 11 is 0. The van der Waals surface area contributed by atoms with E-state index in [1.165, 1.54) is 89.9 Å². The normalized spacial score (nSPS) is 14.8. The van der Waals surface area contributed by atoms with Crippen LogP contribution in [-0.2, 0) is 4.57 Å². The molecule has 2 atom stereocenters. The fourth-order valence-corrected chi connectivity index (χ4v) is 6.05. The fourth-order valence-electron chi connectivity index (χ4n) is 4.81. The molecule has 0 radical (unpaired) electrons. The number of hydrogen-bond acceptors (Lipinski definition) is 2. The van der Waals surface area contributed by atoms with Gasteiger partial charge in [0.15, 0.2) is 0 Å². The first-order valence-corrected chi connectivity index (χ1v) is 15.1. The van der Waals surface area contributed by atoms with E-state index in [2.05, 4.69) is 26.0 Å². The molecule has 0 rings (SSSR count). The standard InChI is InChI=1S/C28H57NO2P/c1-6-8-9-10-11-12-13-14-15-16-17-18-19-20-21-22-23-24-25-27-28(26-7-2,32(30)31)29(3,4)5/h20-21H,6-19,22-27H2,1-5H3/q+1/b21-20-. The monoisotopic (exact) mass is 470 g/mol. The van der Waals surface area contributed by atoms with Gasteiger partial charge in [-0.05, 0) is 38.5 Å². The second-order valence-corrected chi connectivity index (χ2v) is 12.1. The van der Waals surface area contributed by atoms with Crippen molar-refractivity contribution in [1.82, 2.24) is 0 Å². The molecule has 190 valence electrons. The zero-order chi connectivity index (χ0) is 24.1. The first-order valence-electron chi connectivity index (χ1n) is 13.9. The highest BCUT2D eigenvalue weighted by atomic mass is 31.1. The van der Waals surface area contributed by atoms with Gasteiger partial charge in [-0.2, -0.15) is 0 Å². The quantitative estimate of drug-likeness (QED) is 0.0647. The van der Waals surface area contributed by atoms with Crippen molar-refractivity contribution in [2.75, 3.05) is 21.1 Å². The van der Waals surface area contributed by atoms with Crippen LogP contribution >= 0.6 is 8.03 Å². The van der Waals surface area contributed by atoms with E-state index in [9.17, 15) is 9.46 Å². The zero-order valence-electron chi connectivity index (χ0n) is 22.5. The van der Waals surface area contributed by atoms with Crippen molar-refractivity contribution in [2.24, 2.45) is 0 Å². The molecule has 0 aromatic rings. The van der Waals surface area contributed by atoms with Crippen molar-refractivity contribution in [2.45, 2.75) is 148 Å². The Kier molecular flexibility index (Phi) is 20.0. The molecule has 4 heteroatoms. The highest BCUT2D eigenvalue weighted by Gasteiger charge is 2.53. The van der Waals surface area contributed by atoms with Gasteiger partial charge in [-0.25, -0.2) is 0 Å². The van der Waals surface area contributed by atoms with Crippen LogP contribution in [0.25, 0.3) is 0 Å². The topological polar surface area (TPSA) is 40.1 Å². The highest BCUT2D eigenvalue weighted by Crippen LogP contribution is 2.45. The molecule has 0 bridgehead atoms. The molecule has 32 heavy (non-hydrogen) atoms. The van der Waals surface area contributed by atoms with Crippen LogP contribution in [0.15, 0.2) is 12.2 Å². The molecule has 0 saturated heterocycles. The summed E-state index contributed by atoms with van der Waals surface area (Å²) in [7, 11) is 3.65. The van der Waals surface area contributed by atoms with Crippen molar-refractivity contribution < 1.29 is 13.9 Å². The van der Waals surface area contributed by atoms with Crippen LogP contribution in [-0.4, -0.2) is 30.9 Å². The molecule has 0 aromatic heterocycles. The van der Waals surface area contributed by atoms with E-state index in [1.54, 1.807) is 0 Å². The number of nitrogens with zero attached hydrogens (tertiary/aromatic N) is 1. The summed E-state index contributed by atoms with van der Waals surface area (Å²) in [5.74, 6) is 0. The minimum atomic E-state index is -2.43. The van der Waals surface area contributed by atoms with Crippen LogP contribution in [0.3, 0.4) is 0 Å². The number of quaternary nitrogens is 1. The summed E-state index contributed by atoms with van der Waals surface area (Å²) < 4.78 is 12.6. The maximum Gasteiger partial charge on any atom is 0.376 e. The van der Waals surface area contributed by atoms with Crippen LogP contribution in [0.5, 0.6) is 0 Å². The van der Waals surface area contributed by atoms with E-state index in [-0.39, 0.29) is 0 Å². The Morgan fingerprint density at radius 1 is 0.625 bits per heavy atom. The van der Waals surface area contributed by atoms with Gasteiger partial charge in [0, 0.05) is 12.8 Å². The van der Waals surface area contributed by atoms with Crippen LogP contribution in [0.1, 0.15) is 142 Å². The lowest BCUT2D eigenvalue weighted by Gasteiger charge is -2.39. The lowest BCUT2D eigenvalue weighted by Crippen LogP contribution is -2.55. The second-order valence-electron chi connectivity index (χ2n) is 10.8.